The molecule has 0 spiro atoms. The van der Waals surface area contributed by atoms with E-state index in [2.05, 4.69) is 28.9 Å². The van der Waals surface area contributed by atoms with Crippen LogP contribution in [0.15, 0.2) is 18.2 Å². The van der Waals surface area contributed by atoms with Crippen LogP contribution in [0.25, 0.3) is 0 Å². The van der Waals surface area contributed by atoms with Gasteiger partial charge in [0.25, 0.3) is 5.91 Å². The van der Waals surface area contributed by atoms with E-state index >= 15 is 0 Å². The number of likely N-dealkylation sites (tertiary alicyclic amines) is 1. The number of piperidine rings is 1. The summed E-state index contributed by atoms with van der Waals surface area (Å²) in [5.74, 6) is 0.173. The SMILES string of the molecule is Cc1ccc(C(=O)N2CCCC(Br)C2)c(C)c1. The third-order valence-corrected chi connectivity index (χ3v) is 4.01. The molecule has 1 amide bonds. The Labute approximate surface area is 111 Å². The average molecular weight is 296 g/mol. The van der Waals surface area contributed by atoms with E-state index < -0.39 is 0 Å². The van der Waals surface area contributed by atoms with Crippen LogP contribution in [0.1, 0.15) is 34.3 Å². The summed E-state index contributed by atoms with van der Waals surface area (Å²) in [4.78, 5) is 14.8. The lowest BCUT2D eigenvalue weighted by Crippen LogP contribution is -2.40. The van der Waals surface area contributed by atoms with Gasteiger partial charge < -0.3 is 4.90 Å². The Balaban J connectivity index is 2.18. The number of benzene rings is 1. The maximum Gasteiger partial charge on any atom is 0.254 e. The monoisotopic (exact) mass is 295 g/mol. The first-order valence-electron chi connectivity index (χ1n) is 6.08. The van der Waals surface area contributed by atoms with Gasteiger partial charge >= 0.3 is 0 Å². The predicted octanol–water partition coefficient (Wildman–Crippen LogP) is 3.30. The summed E-state index contributed by atoms with van der Waals surface area (Å²) in [6.45, 7) is 5.77. The zero-order valence-electron chi connectivity index (χ0n) is 10.4. The number of alkyl halides is 1. The quantitative estimate of drug-likeness (QED) is 0.728. The molecule has 0 aromatic heterocycles. The standard InChI is InChI=1S/C14H18BrNO/c1-10-5-6-13(11(2)8-10)14(17)16-7-3-4-12(15)9-16/h5-6,8,12H,3-4,7,9H2,1-2H3. The Hall–Kier alpha value is -0.830. The van der Waals surface area contributed by atoms with Gasteiger partial charge in [0.05, 0.1) is 0 Å². The molecule has 1 heterocycles. The highest BCUT2D eigenvalue weighted by molar-refractivity contribution is 9.09. The molecule has 0 bridgehead atoms. The van der Waals surface area contributed by atoms with Crippen LogP contribution >= 0.6 is 15.9 Å². The lowest BCUT2D eigenvalue weighted by Gasteiger charge is -2.30. The summed E-state index contributed by atoms with van der Waals surface area (Å²) in [6, 6.07) is 6.03. The lowest BCUT2D eigenvalue weighted by atomic mass is 10.0. The van der Waals surface area contributed by atoms with Gasteiger partial charge in [-0.15, -0.1) is 0 Å². The van der Waals surface area contributed by atoms with E-state index in [4.69, 9.17) is 0 Å². The van der Waals surface area contributed by atoms with Gasteiger partial charge in [-0.05, 0) is 38.3 Å². The Morgan fingerprint density at radius 1 is 1.41 bits per heavy atom. The maximum absolute atomic E-state index is 12.4. The minimum Gasteiger partial charge on any atom is -0.338 e. The van der Waals surface area contributed by atoms with Crippen molar-refractivity contribution < 1.29 is 4.79 Å². The number of nitrogens with zero attached hydrogens (tertiary/aromatic N) is 1. The molecule has 2 rings (SSSR count). The molecular formula is C14H18BrNO. The van der Waals surface area contributed by atoms with Crippen molar-refractivity contribution in [3.05, 3.63) is 34.9 Å². The van der Waals surface area contributed by atoms with Crippen LogP contribution in [0, 0.1) is 13.8 Å². The molecule has 1 saturated heterocycles. The summed E-state index contributed by atoms with van der Waals surface area (Å²) in [5.41, 5.74) is 3.12. The third-order valence-electron chi connectivity index (χ3n) is 3.26. The van der Waals surface area contributed by atoms with Crippen molar-refractivity contribution in [2.75, 3.05) is 13.1 Å². The molecule has 0 radical (unpaired) electrons. The highest BCUT2D eigenvalue weighted by Gasteiger charge is 2.23. The van der Waals surface area contributed by atoms with E-state index in [9.17, 15) is 4.79 Å². The molecule has 1 aromatic rings. The first kappa shape index (κ1) is 12.6. The molecule has 17 heavy (non-hydrogen) atoms. The summed E-state index contributed by atoms with van der Waals surface area (Å²) >= 11 is 3.61. The predicted molar refractivity (Wildman–Crippen MR) is 73.8 cm³/mol. The van der Waals surface area contributed by atoms with Crippen LogP contribution < -0.4 is 0 Å². The van der Waals surface area contributed by atoms with Gasteiger partial charge in [-0.25, -0.2) is 0 Å². The van der Waals surface area contributed by atoms with Crippen molar-refractivity contribution in [1.29, 1.82) is 0 Å². The van der Waals surface area contributed by atoms with Crippen LogP contribution in [-0.2, 0) is 0 Å². The van der Waals surface area contributed by atoms with Crippen LogP contribution in [0.3, 0.4) is 0 Å². The molecule has 1 unspecified atom stereocenters. The van der Waals surface area contributed by atoms with Crippen molar-refractivity contribution in [1.82, 2.24) is 4.90 Å². The van der Waals surface area contributed by atoms with Crippen LogP contribution in [0.4, 0.5) is 0 Å². The Morgan fingerprint density at radius 2 is 2.18 bits per heavy atom. The van der Waals surface area contributed by atoms with Gasteiger partial charge in [0.15, 0.2) is 0 Å². The Kier molecular flexibility index (Phi) is 3.87. The number of aryl methyl sites for hydroxylation is 2. The first-order chi connectivity index (χ1) is 8.08. The van der Waals surface area contributed by atoms with E-state index in [1.165, 1.54) is 5.56 Å². The second-order valence-corrected chi connectivity index (χ2v) is 6.10. The van der Waals surface area contributed by atoms with E-state index in [0.717, 1.165) is 37.1 Å². The second kappa shape index (κ2) is 5.21. The zero-order chi connectivity index (χ0) is 12.4. The summed E-state index contributed by atoms with van der Waals surface area (Å²) < 4.78 is 0. The minimum absolute atomic E-state index is 0.173. The smallest absolute Gasteiger partial charge is 0.254 e. The topological polar surface area (TPSA) is 20.3 Å². The molecule has 1 aromatic carbocycles. The van der Waals surface area contributed by atoms with E-state index in [-0.39, 0.29) is 5.91 Å². The minimum atomic E-state index is 0.173. The number of hydrogen-bond donors (Lipinski definition) is 0. The largest absolute Gasteiger partial charge is 0.338 e. The number of hydrogen-bond acceptors (Lipinski definition) is 1. The van der Waals surface area contributed by atoms with Crippen LogP contribution in [-0.4, -0.2) is 28.7 Å². The first-order valence-corrected chi connectivity index (χ1v) is 7.00. The zero-order valence-corrected chi connectivity index (χ0v) is 12.0. The molecular weight excluding hydrogens is 278 g/mol. The Bertz CT molecular complexity index is 430. The van der Waals surface area contributed by atoms with E-state index in [1.807, 2.05) is 24.0 Å². The van der Waals surface area contributed by atoms with Crippen molar-refractivity contribution in [2.45, 2.75) is 31.5 Å². The van der Waals surface area contributed by atoms with Crippen molar-refractivity contribution in [2.24, 2.45) is 0 Å². The fraction of sp³-hybridized carbons (Fsp3) is 0.500. The second-order valence-electron chi connectivity index (χ2n) is 4.81. The molecule has 0 saturated carbocycles. The number of halogens is 1. The lowest BCUT2D eigenvalue weighted by molar-refractivity contribution is 0.0729. The number of amides is 1. The summed E-state index contributed by atoms with van der Waals surface area (Å²) in [7, 11) is 0. The van der Waals surface area contributed by atoms with Gasteiger partial charge in [-0.3, -0.25) is 4.79 Å². The highest BCUT2D eigenvalue weighted by atomic mass is 79.9. The number of rotatable bonds is 1. The molecule has 2 nitrogen and oxygen atoms in total. The van der Waals surface area contributed by atoms with Crippen molar-refractivity contribution in [3.63, 3.8) is 0 Å². The summed E-state index contributed by atoms with van der Waals surface area (Å²) in [5, 5.41) is 0. The number of carbonyl (C=O) groups excluding carboxylic acids is 1. The molecule has 3 heteroatoms. The fourth-order valence-corrected chi connectivity index (χ4v) is 3.01. The molecule has 0 aliphatic carbocycles. The van der Waals surface area contributed by atoms with Crippen molar-refractivity contribution >= 4 is 21.8 Å². The maximum atomic E-state index is 12.4. The molecule has 1 aliphatic heterocycles. The van der Waals surface area contributed by atoms with Crippen molar-refractivity contribution in [3.8, 4) is 0 Å². The van der Waals surface area contributed by atoms with Gasteiger partial charge in [-0.1, -0.05) is 33.6 Å². The van der Waals surface area contributed by atoms with E-state index in [0.29, 0.717) is 4.83 Å². The van der Waals surface area contributed by atoms with Crippen LogP contribution in [0.5, 0.6) is 0 Å². The van der Waals surface area contributed by atoms with Gasteiger partial charge in [0.2, 0.25) is 0 Å². The molecule has 92 valence electrons. The molecule has 1 atom stereocenters. The van der Waals surface area contributed by atoms with Crippen LogP contribution in [0.2, 0.25) is 0 Å². The van der Waals surface area contributed by atoms with E-state index in [1.54, 1.807) is 0 Å². The Morgan fingerprint density at radius 3 is 2.82 bits per heavy atom. The van der Waals surface area contributed by atoms with Gasteiger partial charge in [0.1, 0.15) is 0 Å². The molecule has 1 fully saturated rings. The normalized spacial score (nSPS) is 20.4. The average Bonchev–Trinajstić information content (AvgIpc) is 2.28. The van der Waals surface area contributed by atoms with Gasteiger partial charge in [-0.2, -0.15) is 0 Å². The molecule has 1 aliphatic rings. The molecule has 0 N–H and O–H groups in total. The third kappa shape index (κ3) is 2.89. The van der Waals surface area contributed by atoms with Gasteiger partial charge in [0, 0.05) is 23.5 Å². The number of carbonyl (C=O) groups is 1. The fourth-order valence-electron chi connectivity index (χ4n) is 2.33. The highest BCUT2D eigenvalue weighted by Crippen LogP contribution is 2.20. The summed E-state index contributed by atoms with van der Waals surface area (Å²) in [6.07, 6.45) is 2.25.